The first-order chi connectivity index (χ1) is 11.8. The lowest BCUT2D eigenvalue weighted by Gasteiger charge is -2.25. The Balaban J connectivity index is 1.44. The second-order valence-electron chi connectivity index (χ2n) is 6.41. The molecular weight excluding hydrogens is 298 g/mol. The highest BCUT2D eigenvalue weighted by Crippen LogP contribution is 2.26. The van der Waals surface area contributed by atoms with E-state index < -0.39 is 0 Å². The summed E-state index contributed by atoms with van der Waals surface area (Å²) in [6.07, 6.45) is 5.02. The van der Waals surface area contributed by atoms with Crippen LogP contribution < -0.4 is 5.32 Å². The first-order valence-corrected chi connectivity index (χ1v) is 8.41. The number of aromatic amines is 1. The molecule has 1 unspecified atom stereocenters. The van der Waals surface area contributed by atoms with Crippen molar-refractivity contribution < 1.29 is 5.11 Å². The number of nitrogens with zero attached hydrogens (tertiary/aromatic N) is 1. The lowest BCUT2D eigenvalue weighted by atomic mass is 9.88. The molecule has 0 saturated carbocycles. The first kappa shape index (κ1) is 15.0. The highest BCUT2D eigenvalue weighted by atomic mass is 16.3. The van der Waals surface area contributed by atoms with E-state index in [1.807, 2.05) is 36.5 Å². The molecule has 24 heavy (non-hydrogen) atoms. The minimum absolute atomic E-state index is 0.367. The van der Waals surface area contributed by atoms with Crippen LogP contribution in [-0.2, 0) is 19.4 Å². The molecule has 4 nitrogen and oxygen atoms in total. The van der Waals surface area contributed by atoms with Gasteiger partial charge in [0.25, 0.3) is 0 Å². The fourth-order valence-corrected chi connectivity index (χ4v) is 3.47. The summed E-state index contributed by atoms with van der Waals surface area (Å²) in [5, 5.41) is 20.6. The van der Waals surface area contributed by atoms with Gasteiger partial charge in [0.2, 0.25) is 0 Å². The van der Waals surface area contributed by atoms with Gasteiger partial charge >= 0.3 is 0 Å². The minimum atomic E-state index is 0.367. The summed E-state index contributed by atoms with van der Waals surface area (Å²) in [5.74, 6) is 0.367. The molecule has 0 amide bonds. The van der Waals surface area contributed by atoms with Crippen LogP contribution >= 0.6 is 0 Å². The van der Waals surface area contributed by atoms with Gasteiger partial charge in [-0.15, -0.1) is 0 Å². The predicted octanol–water partition coefficient (Wildman–Crippen LogP) is 3.43. The summed E-state index contributed by atoms with van der Waals surface area (Å²) in [7, 11) is 0. The number of H-pyrrole nitrogens is 1. The number of aromatic nitrogens is 2. The smallest absolute Gasteiger partial charge is 0.115 e. The summed E-state index contributed by atoms with van der Waals surface area (Å²) in [5.41, 5.74) is 6.06. The normalized spacial score (nSPS) is 16.8. The van der Waals surface area contributed by atoms with Crippen molar-refractivity contribution in [1.29, 1.82) is 0 Å². The standard InChI is InChI=1S/C20H21N3O/c24-19-9-7-15-10-18(8-6-16(15)11-19)21-12-17-13-22-23-20(17)14-4-2-1-3-5-14/h1-5,7,9,11,13,18,21,24H,6,8,10,12H2,(H,22,23). The molecule has 2 aromatic carbocycles. The molecule has 1 aromatic heterocycles. The maximum absolute atomic E-state index is 9.60. The SMILES string of the molecule is Oc1ccc2c(c1)CCC(NCc1cn[nH]c1-c1ccccc1)C2. The Kier molecular flexibility index (Phi) is 4.05. The van der Waals surface area contributed by atoms with Crippen molar-refractivity contribution in [3.63, 3.8) is 0 Å². The Bertz CT molecular complexity index is 826. The fraction of sp³-hybridized carbons (Fsp3) is 0.250. The second-order valence-corrected chi connectivity index (χ2v) is 6.41. The fourth-order valence-electron chi connectivity index (χ4n) is 3.47. The molecule has 4 rings (SSSR count). The van der Waals surface area contributed by atoms with Gasteiger partial charge in [0.15, 0.2) is 0 Å². The van der Waals surface area contributed by atoms with Crippen LogP contribution in [0.25, 0.3) is 11.3 Å². The third kappa shape index (κ3) is 3.05. The molecule has 0 fully saturated rings. The number of phenolic OH excluding ortho intramolecular Hbond substituents is 1. The topological polar surface area (TPSA) is 60.9 Å². The highest BCUT2D eigenvalue weighted by molar-refractivity contribution is 5.62. The highest BCUT2D eigenvalue weighted by Gasteiger charge is 2.19. The van der Waals surface area contributed by atoms with Crippen molar-refractivity contribution in [3.05, 3.63) is 71.4 Å². The van der Waals surface area contributed by atoms with Crippen LogP contribution in [0.1, 0.15) is 23.1 Å². The number of hydrogen-bond donors (Lipinski definition) is 3. The number of nitrogens with one attached hydrogen (secondary N) is 2. The summed E-state index contributed by atoms with van der Waals surface area (Å²) in [6, 6.07) is 16.5. The lowest BCUT2D eigenvalue weighted by Crippen LogP contribution is -2.34. The zero-order valence-electron chi connectivity index (χ0n) is 13.5. The quantitative estimate of drug-likeness (QED) is 0.690. The van der Waals surface area contributed by atoms with Gasteiger partial charge in [0.1, 0.15) is 5.75 Å². The van der Waals surface area contributed by atoms with E-state index in [-0.39, 0.29) is 0 Å². The minimum Gasteiger partial charge on any atom is -0.508 e. The molecule has 0 aliphatic heterocycles. The van der Waals surface area contributed by atoms with Crippen LogP contribution in [0.2, 0.25) is 0 Å². The van der Waals surface area contributed by atoms with Gasteiger partial charge in [-0.05, 0) is 48.1 Å². The van der Waals surface area contributed by atoms with Gasteiger partial charge in [-0.1, -0.05) is 36.4 Å². The predicted molar refractivity (Wildman–Crippen MR) is 94.8 cm³/mol. The number of benzene rings is 2. The van der Waals surface area contributed by atoms with Gasteiger partial charge in [-0.3, -0.25) is 5.10 Å². The summed E-state index contributed by atoms with van der Waals surface area (Å²) in [6.45, 7) is 0.804. The van der Waals surface area contributed by atoms with E-state index in [2.05, 4.69) is 27.6 Å². The number of rotatable bonds is 4. The Morgan fingerprint density at radius 3 is 2.88 bits per heavy atom. The molecule has 4 heteroatoms. The number of aromatic hydroxyl groups is 1. The number of hydrogen-bond acceptors (Lipinski definition) is 3. The van der Waals surface area contributed by atoms with Crippen molar-refractivity contribution in [2.24, 2.45) is 0 Å². The van der Waals surface area contributed by atoms with E-state index >= 15 is 0 Å². The monoisotopic (exact) mass is 319 g/mol. The molecule has 1 atom stereocenters. The van der Waals surface area contributed by atoms with E-state index in [1.165, 1.54) is 16.7 Å². The largest absolute Gasteiger partial charge is 0.508 e. The second kappa shape index (κ2) is 6.49. The van der Waals surface area contributed by atoms with Crippen LogP contribution in [0.15, 0.2) is 54.7 Å². The molecule has 0 saturated heterocycles. The van der Waals surface area contributed by atoms with Crippen molar-refractivity contribution in [3.8, 4) is 17.0 Å². The van der Waals surface area contributed by atoms with Crippen molar-refractivity contribution in [2.45, 2.75) is 31.8 Å². The first-order valence-electron chi connectivity index (χ1n) is 8.41. The van der Waals surface area contributed by atoms with Gasteiger partial charge in [0.05, 0.1) is 11.9 Å². The maximum Gasteiger partial charge on any atom is 0.115 e. The van der Waals surface area contributed by atoms with E-state index in [0.29, 0.717) is 11.8 Å². The van der Waals surface area contributed by atoms with E-state index in [1.54, 1.807) is 6.07 Å². The van der Waals surface area contributed by atoms with E-state index in [0.717, 1.165) is 37.1 Å². The Labute approximate surface area is 141 Å². The molecule has 3 N–H and O–H groups in total. The van der Waals surface area contributed by atoms with Gasteiger partial charge < -0.3 is 10.4 Å². The molecule has 1 aliphatic rings. The van der Waals surface area contributed by atoms with Crippen molar-refractivity contribution in [2.75, 3.05) is 0 Å². The molecule has 1 aliphatic carbocycles. The Morgan fingerprint density at radius 1 is 1.12 bits per heavy atom. The average molecular weight is 319 g/mol. The summed E-state index contributed by atoms with van der Waals surface area (Å²) < 4.78 is 0. The molecule has 1 heterocycles. The molecular formula is C20H21N3O. The zero-order valence-corrected chi connectivity index (χ0v) is 13.5. The summed E-state index contributed by atoms with van der Waals surface area (Å²) >= 11 is 0. The van der Waals surface area contributed by atoms with Crippen molar-refractivity contribution >= 4 is 0 Å². The Morgan fingerprint density at radius 2 is 2.00 bits per heavy atom. The van der Waals surface area contributed by atoms with Crippen LogP contribution in [0.3, 0.4) is 0 Å². The lowest BCUT2D eigenvalue weighted by molar-refractivity contribution is 0.450. The van der Waals surface area contributed by atoms with Crippen LogP contribution in [0, 0.1) is 0 Å². The van der Waals surface area contributed by atoms with Crippen LogP contribution in [0.4, 0.5) is 0 Å². The summed E-state index contributed by atoms with van der Waals surface area (Å²) in [4.78, 5) is 0. The van der Waals surface area contributed by atoms with Crippen LogP contribution in [-0.4, -0.2) is 21.3 Å². The van der Waals surface area contributed by atoms with Crippen molar-refractivity contribution in [1.82, 2.24) is 15.5 Å². The molecule has 122 valence electrons. The third-order valence-electron chi connectivity index (χ3n) is 4.78. The van der Waals surface area contributed by atoms with E-state index in [9.17, 15) is 5.11 Å². The number of phenols is 1. The third-order valence-corrected chi connectivity index (χ3v) is 4.78. The molecule has 0 bridgehead atoms. The maximum atomic E-state index is 9.60. The Hall–Kier alpha value is -2.59. The van der Waals surface area contributed by atoms with Crippen LogP contribution in [0.5, 0.6) is 5.75 Å². The van der Waals surface area contributed by atoms with Gasteiger partial charge in [-0.25, -0.2) is 0 Å². The average Bonchev–Trinajstić information content (AvgIpc) is 3.09. The van der Waals surface area contributed by atoms with Gasteiger partial charge in [0, 0.05) is 18.2 Å². The van der Waals surface area contributed by atoms with Gasteiger partial charge in [-0.2, -0.15) is 5.10 Å². The molecule has 0 radical (unpaired) electrons. The number of aryl methyl sites for hydroxylation is 1. The number of fused-ring (bicyclic) bond motifs is 1. The molecule has 0 spiro atoms. The van der Waals surface area contributed by atoms with E-state index in [4.69, 9.17) is 0 Å². The molecule has 3 aromatic rings. The zero-order chi connectivity index (χ0) is 16.4.